The third kappa shape index (κ3) is 2.94. The molecule has 0 radical (unpaired) electrons. The second-order valence-corrected chi connectivity index (χ2v) is 6.63. The topological polar surface area (TPSA) is 45.8 Å². The Labute approximate surface area is 130 Å². The van der Waals surface area contributed by atoms with E-state index in [2.05, 4.69) is 16.5 Å². The highest BCUT2D eigenvalue weighted by atomic mass is 32.2. The normalized spacial score (nSPS) is 10.9. The summed E-state index contributed by atoms with van der Waals surface area (Å²) in [6.45, 7) is 5.82. The zero-order valence-corrected chi connectivity index (χ0v) is 13.2. The van der Waals surface area contributed by atoms with E-state index in [9.17, 15) is 4.79 Å². The van der Waals surface area contributed by atoms with Crippen LogP contribution in [0, 0.1) is 0 Å². The van der Waals surface area contributed by atoms with Crippen LogP contribution in [0.25, 0.3) is 21.3 Å². The fraction of sp³-hybridized carbons (Fsp3) is 0.125. The van der Waals surface area contributed by atoms with Crippen molar-refractivity contribution in [3.8, 4) is 11.1 Å². The van der Waals surface area contributed by atoms with Gasteiger partial charge in [0.1, 0.15) is 4.83 Å². The van der Waals surface area contributed by atoms with Gasteiger partial charge in [0.25, 0.3) is 5.56 Å². The zero-order chi connectivity index (χ0) is 14.8. The fourth-order valence-corrected chi connectivity index (χ4v) is 3.73. The molecule has 0 bridgehead atoms. The molecule has 1 aromatic carbocycles. The van der Waals surface area contributed by atoms with Crippen LogP contribution >= 0.6 is 23.1 Å². The van der Waals surface area contributed by atoms with Gasteiger partial charge in [-0.05, 0) is 12.5 Å². The maximum atomic E-state index is 12.4. The first-order valence-electron chi connectivity index (χ1n) is 6.49. The smallest absolute Gasteiger partial charge is 0.260 e. The van der Waals surface area contributed by atoms with Crippen molar-refractivity contribution in [2.75, 3.05) is 5.75 Å². The molecule has 0 atom stereocenters. The van der Waals surface area contributed by atoms with Crippen LogP contribution < -0.4 is 5.56 Å². The molecule has 0 amide bonds. The van der Waals surface area contributed by atoms with E-state index in [1.165, 1.54) is 23.1 Å². The van der Waals surface area contributed by atoms with Crippen LogP contribution in [0.4, 0.5) is 0 Å². The number of benzene rings is 1. The predicted octanol–water partition coefficient (Wildman–Crippen LogP) is 4.32. The number of nitrogens with one attached hydrogen (secondary N) is 1. The van der Waals surface area contributed by atoms with Crippen molar-refractivity contribution >= 4 is 33.3 Å². The van der Waals surface area contributed by atoms with E-state index in [4.69, 9.17) is 0 Å². The molecule has 0 unspecified atom stereocenters. The minimum atomic E-state index is -0.0793. The SMILES string of the molecule is C=C(C)CSc1nc2scc(-c3ccccc3)c2c(=O)[nH]1. The van der Waals surface area contributed by atoms with Crippen LogP contribution in [0.3, 0.4) is 0 Å². The summed E-state index contributed by atoms with van der Waals surface area (Å²) in [5.41, 5.74) is 2.96. The summed E-state index contributed by atoms with van der Waals surface area (Å²) in [5, 5.41) is 3.32. The molecule has 3 aromatic rings. The average Bonchev–Trinajstić information content (AvgIpc) is 2.90. The lowest BCUT2D eigenvalue weighted by Gasteiger charge is -2.02. The van der Waals surface area contributed by atoms with Crippen molar-refractivity contribution in [3.05, 3.63) is 58.2 Å². The van der Waals surface area contributed by atoms with Gasteiger partial charge in [-0.25, -0.2) is 4.98 Å². The van der Waals surface area contributed by atoms with Crippen molar-refractivity contribution in [2.24, 2.45) is 0 Å². The van der Waals surface area contributed by atoms with Gasteiger partial charge in [-0.15, -0.1) is 11.3 Å². The van der Waals surface area contributed by atoms with Crippen LogP contribution in [-0.2, 0) is 0 Å². The first-order chi connectivity index (χ1) is 10.1. The molecule has 106 valence electrons. The Morgan fingerprint density at radius 2 is 2.14 bits per heavy atom. The Kier molecular flexibility index (Phi) is 3.94. The number of nitrogens with zero attached hydrogens (tertiary/aromatic N) is 1. The van der Waals surface area contributed by atoms with Gasteiger partial charge >= 0.3 is 0 Å². The summed E-state index contributed by atoms with van der Waals surface area (Å²) >= 11 is 3.01. The minimum absolute atomic E-state index is 0.0793. The van der Waals surface area contributed by atoms with E-state index < -0.39 is 0 Å². The van der Waals surface area contributed by atoms with Gasteiger partial charge in [-0.1, -0.05) is 54.2 Å². The third-order valence-electron chi connectivity index (χ3n) is 2.96. The molecule has 3 rings (SSSR count). The quantitative estimate of drug-likeness (QED) is 0.443. The number of hydrogen-bond acceptors (Lipinski definition) is 4. The van der Waals surface area contributed by atoms with E-state index in [0.29, 0.717) is 10.5 Å². The summed E-state index contributed by atoms with van der Waals surface area (Å²) in [6.07, 6.45) is 0. The van der Waals surface area contributed by atoms with Gasteiger partial charge in [0.05, 0.1) is 5.39 Å². The molecule has 0 saturated carbocycles. The van der Waals surface area contributed by atoms with Gasteiger partial charge in [-0.3, -0.25) is 4.79 Å². The second-order valence-electron chi connectivity index (χ2n) is 4.81. The van der Waals surface area contributed by atoms with E-state index in [1.807, 2.05) is 42.6 Å². The van der Waals surface area contributed by atoms with Gasteiger partial charge < -0.3 is 4.98 Å². The molecule has 0 aliphatic heterocycles. The predicted molar refractivity (Wildman–Crippen MR) is 91.2 cm³/mol. The molecular weight excluding hydrogens is 300 g/mol. The number of fused-ring (bicyclic) bond motifs is 1. The van der Waals surface area contributed by atoms with Crippen molar-refractivity contribution in [2.45, 2.75) is 12.1 Å². The number of aromatic nitrogens is 2. The number of H-pyrrole nitrogens is 1. The van der Waals surface area contributed by atoms with Crippen LogP contribution in [0.2, 0.25) is 0 Å². The second kappa shape index (κ2) is 5.87. The lowest BCUT2D eigenvalue weighted by atomic mass is 10.1. The number of hydrogen-bond donors (Lipinski definition) is 1. The first-order valence-corrected chi connectivity index (χ1v) is 8.36. The highest BCUT2D eigenvalue weighted by molar-refractivity contribution is 7.99. The molecular formula is C16H14N2OS2. The van der Waals surface area contributed by atoms with Gasteiger partial charge in [-0.2, -0.15) is 0 Å². The summed E-state index contributed by atoms with van der Waals surface area (Å²) in [5.74, 6) is 0.755. The fourth-order valence-electron chi connectivity index (χ4n) is 2.02. The number of rotatable bonds is 4. The number of thioether (sulfide) groups is 1. The lowest BCUT2D eigenvalue weighted by molar-refractivity contribution is 0.981. The maximum Gasteiger partial charge on any atom is 0.260 e. The van der Waals surface area contributed by atoms with Crippen molar-refractivity contribution < 1.29 is 0 Å². The lowest BCUT2D eigenvalue weighted by Crippen LogP contribution is -2.08. The standard InChI is InChI=1S/C16H14N2OS2/c1-10(2)8-21-16-17-14(19)13-12(9-20-15(13)18-16)11-6-4-3-5-7-11/h3-7,9H,1,8H2,2H3,(H,17,18,19). The largest absolute Gasteiger partial charge is 0.301 e. The van der Waals surface area contributed by atoms with Crippen LogP contribution in [0.5, 0.6) is 0 Å². The minimum Gasteiger partial charge on any atom is -0.301 e. The highest BCUT2D eigenvalue weighted by Crippen LogP contribution is 2.31. The summed E-state index contributed by atoms with van der Waals surface area (Å²) in [6, 6.07) is 9.91. The first kappa shape index (κ1) is 14.1. The van der Waals surface area contributed by atoms with E-state index >= 15 is 0 Å². The Morgan fingerprint density at radius 3 is 2.86 bits per heavy atom. The molecule has 1 N–H and O–H groups in total. The molecule has 2 aromatic heterocycles. The average molecular weight is 314 g/mol. The third-order valence-corrected chi connectivity index (χ3v) is 4.94. The molecule has 3 nitrogen and oxygen atoms in total. The van der Waals surface area contributed by atoms with Crippen molar-refractivity contribution in [1.29, 1.82) is 0 Å². The number of aromatic amines is 1. The highest BCUT2D eigenvalue weighted by Gasteiger charge is 2.12. The maximum absolute atomic E-state index is 12.4. The Bertz CT molecular complexity index is 850. The number of thiophene rings is 1. The van der Waals surface area contributed by atoms with Crippen molar-refractivity contribution in [3.63, 3.8) is 0 Å². The Hall–Kier alpha value is -1.85. The van der Waals surface area contributed by atoms with E-state index in [1.54, 1.807) is 0 Å². The molecule has 0 aliphatic carbocycles. The molecule has 0 aliphatic rings. The Morgan fingerprint density at radius 1 is 1.38 bits per heavy atom. The molecule has 21 heavy (non-hydrogen) atoms. The van der Waals surface area contributed by atoms with E-state index in [0.717, 1.165) is 27.3 Å². The monoisotopic (exact) mass is 314 g/mol. The summed E-state index contributed by atoms with van der Waals surface area (Å²) in [7, 11) is 0. The van der Waals surface area contributed by atoms with Crippen molar-refractivity contribution in [1.82, 2.24) is 9.97 Å². The summed E-state index contributed by atoms with van der Waals surface area (Å²) in [4.78, 5) is 20.6. The molecule has 5 heteroatoms. The van der Waals surface area contributed by atoms with Gasteiger partial charge in [0.2, 0.25) is 0 Å². The molecule has 0 saturated heterocycles. The molecule has 0 fully saturated rings. The van der Waals surface area contributed by atoms with Gasteiger partial charge in [0.15, 0.2) is 5.16 Å². The molecule has 2 heterocycles. The van der Waals surface area contributed by atoms with Crippen LogP contribution in [0.15, 0.2) is 57.8 Å². The van der Waals surface area contributed by atoms with Crippen LogP contribution in [0.1, 0.15) is 6.92 Å². The Balaban J connectivity index is 2.07. The van der Waals surface area contributed by atoms with Crippen LogP contribution in [-0.4, -0.2) is 15.7 Å². The van der Waals surface area contributed by atoms with E-state index in [-0.39, 0.29) is 5.56 Å². The molecule has 0 spiro atoms. The van der Waals surface area contributed by atoms with Gasteiger partial charge in [0, 0.05) is 16.7 Å². The zero-order valence-electron chi connectivity index (χ0n) is 11.6. The summed E-state index contributed by atoms with van der Waals surface area (Å²) < 4.78 is 0.